The van der Waals surface area contributed by atoms with E-state index < -0.39 is 0 Å². The summed E-state index contributed by atoms with van der Waals surface area (Å²) in [5.74, 6) is 1.45. The van der Waals surface area contributed by atoms with Gasteiger partial charge in [0.2, 0.25) is 0 Å². The van der Waals surface area contributed by atoms with Crippen LogP contribution in [0.3, 0.4) is 0 Å². The first-order valence-corrected chi connectivity index (χ1v) is 13.5. The molecule has 0 saturated heterocycles. The molecule has 202 valence electrons. The van der Waals surface area contributed by atoms with E-state index in [1.165, 1.54) is 10.9 Å². The number of hydrogen-bond acceptors (Lipinski definition) is 4. The molecule has 0 aliphatic heterocycles. The van der Waals surface area contributed by atoms with E-state index >= 15 is 0 Å². The van der Waals surface area contributed by atoms with Gasteiger partial charge in [0.05, 0.1) is 30.7 Å². The molecule has 1 N–H and O–H groups in total. The van der Waals surface area contributed by atoms with E-state index in [1.54, 1.807) is 13.3 Å². The van der Waals surface area contributed by atoms with Gasteiger partial charge in [0, 0.05) is 29.5 Å². The minimum Gasteiger partial charge on any atom is -0.496 e. The highest BCUT2D eigenvalue weighted by atomic mass is 16.5. The molecule has 0 aliphatic rings. The standard InChI is InChI=1S/C35H30N4O2/c1-40-35-23-33(41-25-31-9-5-6-19-36-31)17-14-29(35)13-15-30-22-32(39(38-30)24-27-7-3-2-4-8-27)16-11-26-10-12-28-18-20-37-34(28)21-26/h2-23,37H,24-25H2,1H3/b15-13+,16-11+. The third-order valence-electron chi connectivity index (χ3n) is 6.78. The largest absolute Gasteiger partial charge is 0.496 e. The van der Waals surface area contributed by atoms with E-state index in [0.29, 0.717) is 13.2 Å². The molecular weight excluding hydrogens is 508 g/mol. The van der Waals surface area contributed by atoms with Gasteiger partial charge in [0.1, 0.15) is 18.1 Å². The molecule has 0 atom stereocenters. The highest BCUT2D eigenvalue weighted by Gasteiger charge is 2.08. The molecule has 3 aromatic heterocycles. The van der Waals surface area contributed by atoms with Crippen molar-refractivity contribution in [2.24, 2.45) is 0 Å². The van der Waals surface area contributed by atoms with Gasteiger partial charge in [-0.1, -0.05) is 54.6 Å². The molecule has 0 fully saturated rings. The van der Waals surface area contributed by atoms with E-state index in [0.717, 1.165) is 45.2 Å². The summed E-state index contributed by atoms with van der Waals surface area (Å²) in [5, 5.41) is 6.11. The minimum atomic E-state index is 0.396. The molecule has 0 aliphatic carbocycles. The van der Waals surface area contributed by atoms with E-state index in [9.17, 15) is 0 Å². The monoisotopic (exact) mass is 538 g/mol. The Labute approximate surface area is 239 Å². The lowest BCUT2D eigenvalue weighted by Gasteiger charge is -2.09. The second-order valence-corrected chi connectivity index (χ2v) is 9.64. The maximum absolute atomic E-state index is 5.92. The average molecular weight is 539 g/mol. The van der Waals surface area contributed by atoms with Gasteiger partial charge in [-0.05, 0) is 77.2 Å². The number of aromatic nitrogens is 4. The van der Waals surface area contributed by atoms with Gasteiger partial charge >= 0.3 is 0 Å². The molecule has 6 nitrogen and oxygen atoms in total. The van der Waals surface area contributed by atoms with Gasteiger partial charge in [0.25, 0.3) is 0 Å². The van der Waals surface area contributed by atoms with Crippen LogP contribution in [-0.2, 0) is 13.2 Å². The van der Waals surface area contributed by atoms with Crippen molar-refractivity contribution in [1.29, 1.82) is 0 Å². The predicted molar refractivity (Wildman–Crippen MR) is 165 cm³/mol. The Morgan fingerprint density at radius 1 is 0.829 bits per heavy atom. The van der Waals surface area contributed by atoms with E-state index in [1.807, 2.05) is 65.5 Å². The molecule has 0 radical (unpaired) electrons. The van der Waals surface area contributed by atoms with Crippen molar-refractivity contribution in [2.75, 3.05) is 7.11 Å². The summed E-state index contributed by atoms with van der Waals surface area (Å²) in [4.78, 5) is 7.59. The van der Waals surface area contributed by atoms with Crippen LogP contribution in [0.5, 0.6) is 11.5 Å². The number of ether oxygens (including phenoxy) is 2. The van der Waals surface area contributed by atoms with Crippen molar-refractivity contribution in [3.05, 3.63) is 143 Å². The average Bonchev–Trinajstić information content (AvgIpc) is 3.65. The molecule has 0 spiro atoms. The Kier molecular flexibility index (Phi) is 7.72. The summed E-state index contributed by atoms with van der Waals surface area (Å²) in [6, 6.07) is 32.6. The fourth-order valence-electron chi connectivity index (χ4n) is 4.64. The lowest BCUT2D eigenvalue weighted by molar-refractivity contribution is 0.299. The van der Waals surface area contributed by atoms with Gasteiger partial charge in [0.15, 0.2) is 0 Å². The molecule has 0 bridgehead atoms. The molecule has 0 saturated carbocycles. The van der Waals surface area contributed by atoms with Gasteiger partial charge in [-0.15, -0.1) is 0 Å². The fourth-order valence-corrected chi connectivity index (χ4v) is 4.64. The second kappa shape index (κ2) is 12.2. The third kappa shape index (κ3) is 6.45. The van der Waals surface area contributed by atoms with Gasteiger partial charge in [-0.25, -0.2) is 0 Å². The van der Waals surface area contributed by atoms with Gasteiger partial charge in [-0.2, -0.15) is 5.10 Å². The molecule has 6 heteroatoms. The third-order valence-corrected chi connectivity index (χ3v) is 6.78. The number of fused-ring (bicyclic) bond motifs is 1. The number of methoxy groups -OCH3 is 1. The maximum Gasteiger partial charge on any atom is 0.130 e. The van der Waals surface area contributed by atoms with Crippen molar-refractivity contribution in [3.63, 3.8) is 0 Å². The molecule has 6 aromatic rings. The number of hydrogen-bond donors (Lipinski definition) is 1. The van der Waals surface area contributed by atoms with Crippen LogP contribution in [0.2, 0.25) is 0 Å². The first kappa shape index (κ1) is 25.9. The summed E-state index contributed by atoms with van der Waals surface area (Å²) >= 11 is 0. The van der Waals surface area contributed by atoms with Crippen LogP contribution in [-0.4, -0.2) is 26.9 Å². The van der Waals surface area contributed by atoms with Crippen molar-refractivity contribution in [3.8, 4) is 11.5 Å². The van der Waals surface area contributed by atoms with Crippen LogP contribution in [0.1, 0.15) is 33.8 Å². The lowest BCUT2D eigenvalue weighted by Crippen LogP contribution is -2.03. The summed E-state index contributed by atoms with van der Waals surface area (Å²) in [6.07, 6.45) is 12.0. The maximum atomic E-state index is 5.92. The topological polar surface area (TPSA) is 65.0 Å². The Balaban J connectivity index is 1.23. The number of nitrogens with one attached hydrogen (secondary N) is 1. The molecular formula is C35H30N4O2. The van der Waals surface area contributed by atoms with E-state index in [-0.39, 0.29) is 0 Å². The Morgan fingerprint density at radius 2 is 1.73 bits per heavy atom. The van der Waals surface area contributed by atoms with Crippen molar-refractivity contribution in [1.82, 2.24) is 19.7 Å². The Hall–Kier alpha value is -5.36. The van der Waals surface area contributed by atoms with E-state index in [4.69, 9.17) is 14.6 Å². The summed E-state index contributed by atoms with van der Waals surface area (Å²) in [6.45, 7) is 1.07. The predicted octanol–water partition coefficient (Wildman–Crippen LogP) is 7.74. The fraction of sp³-hybridized carbons (Fsp3) is 0.0857. The first-order chi connectivity index (χ1) is 20.2. The van der Waals surface area contributed by atoms with Gasteiger partial charge in [-0.3, -0.25) is 9.67 Å². The summed E-state index contributed by atoms with van der Waals surface area (Å²) in [5.41, 5.74) is 7.12. The molecule has 3 aromatic carbocycles. The minimum absolute atomic E-state index is 0.396. The normalized spacial score (nSPS) is 11.5. The smallest absolute Gasteiger partial charge is 0.130 e. The SMILES string of the molecule is COc1cc(OCc2ccccn2)ccc1/C=C/c1cc(/C=C/c2ccc3cc[nH]c3c2)n(Cc2ccccc2)n1. The van der Waals surface area contributed by atoms with Crippen molar-refractivity contribution < 1.29 is 9.47 Å². The van der Waals surface area contributed by atoms with Crippen molar-refractivity contribution >= 4 is 35.2 Å². The summed E-state index contributed by atoms with van der Waals surface area (Å²) < 4.78 is 13.6. The van der Waals surface area contributed by atoms with Crippen LogP contribution in [0.25, 0.3) is 35.2 Å². The first-order valence-electron chi connectivity index (χ1n) is 13.5. The van der Waals surface area contributed by atoms with Crippen LogP contribution in [0.4, 0.5) is 0 Å². The molecule has 0 unspecified atom stereocenters. The Bertz CT molecular complexity index is 1800. The quantitative estimate of drug-likeness (QED) is 0.194. The molecule has 3 heterocycles. The zero-order valence-corrected chi connectivity index (χ0v) is 22.8. The zero-order chi connectivity index (χ0) is 27.9. The molecule has 6 rings (SSSR count). The highest BCUT2D eigenvalue weighted by molar-refractivity contribution is 5.83. The Morgan fingerprint density at radius 3 is 2.59 bits per heavy atom. The van der Waals surface area contributed by atoms with E-state index in [2.05, 4.69) is 76.7 Å². The number of nitrogens with zero attached hydrogens (tertiary/aromatic N) is 3. The number of H-pyrrole nitrogens is 1. The van der Waals surface area contributed by atoms with Crippen LogP contribution < -0.4 is 9.47 Å². The van der Waals surface area contributed by atoms with Crippen LogP contribution in [0.15, 0.2) is 109 Å². The molecule has 0 amide bonds. The number of aromatic amines is 1. The van der Waals surface area contributed by atoms with Gasteiger partial charge < -0.3 is 14.5 Å². The van der Waals surface area contributed by atoms with Crippen LogP contribution >= 0.6 is 0 Å². The second-order valence-electron chi connectivity index (χ2n) is 9.64. The summed E-state index contributed by atoms with van der Waals surface area (Å²) in [7, 11) is 1.66. The molecule has 41 heavy (non-hydrogen) atoms. The number of benzene rings is 3. The van der Waals surface area contributed by atoms with Crippen molar-refractivity contribution in [2.45, 2.75) is 13.2 Å². The zero-order valence-electron chi connectivity index (χ0n) is 22.8. The number of rotatable bonds is 10. The highest BCUT2D eigenvalue weighted by Crippen LogP contribution is 2.27. The number of pyridine rings is 1. The van der Waals surface area contributed by atoms with Crippen LogP contribution in [0, 0.1) is 0 Å². The lowest BCUT2D eigenvalue weighted by atomic mass is 10.1.